The van der Waals surface area contributed by atoms with Gasteiger partial charge in [-0.05, 0) is 48.7 Å². The van der Waals surface area contributed by atoms with Crippen molar-refractivity contribution in [2.45, 2.75) is 6.92 Å². The van der Waals surface area contributed by atoms with Gasteiger partial charge in [-0.3, -0.25) is 9.59 Å². The van der Waals surface area contributed by atoms with Crippen LogP contribution < -0.4 is 9.80 Å². The van der Waals surface area contributed by atoms with E-state index < -0.39 is 0 Å². The lowest BCUT2D eigenvalue weighted by atomic mass is 10.1. The highest BCUT2D eigenvalue weighted by Gasteiger charge is 2.43. The number of hydrogen-bond donors (Lipinski definition) is 0. The van der Waals surface area contributed by atoms with Gasteiger partial charge in [0.2, 0.25) is 0 Å². The number of benzene rings is 2. The van der Waals surface area contributed by atoms with Gasteiger partial charge in [0.25, 0.3) is 11.8 Å². The van der Waals surface area contributed by atoms with Crippen molar-refractivity contribution in [2.75, 3.05) is 16.3 Å². The maximum Gasteiger partial charge on any atom is 0.282 e. The third-order valence-corrected chi connectivity index (χ3v) is 5.93. The first-order valence-electron chi connectivity index (χ1n) is 8.87. The van der Waals surface area contributed by atoms with Crippen LogP contribution in [0.25, 0.3) is 5.57 Å². The zero-order valence-corrected chi connectivity index (χ0v) is 17.5. The summed E-state index contributed by atoms with van der Waals surface area (Å²) in [6.45, 7) is 2.55. The lowest BCUT2D eigenvalue weighted by Crippen LogP contribution is -2.35. The number of likely N-dealkylation sites (N-methyl/N-ethyl adjacent to an activating group) is 1. The second-order valence-corrected chi connectivity index (χ2v) is 8.07. The van der Waals surface area contributed by atoms with Crippen LogP contribution in [0, 0.1) is 0 Å². The van der Waals surface area contributed by atoms with E-state index in [4.69, 9.17) is 0 Å². The Balaban J connectivity index is 1.89. The number of amides is 2. The molecular formula is C22H17BrN2O2S. The van der Waals surface area contributed by atoms with Gasteiger partial charge >= 0.3 is 0 Å². The van der Waals surface area contributed by atoms with E-state index in [1.165, 1.54) is 16.2 Å². The third-order valence-electron chi connectivity index (χ3n) is 4.55. The van der Waals surface area contributed by atoms with Crippen molar-refractivity contribution < 1.29 is 9.59 Å². The molecule has 0 unspecified atom stereocenters. The molecular weight excluding hydrogens is 436 g/mol. The van der Waals surface area contributed by atoms with Gasteiger partial charge in [-0.2, -0.15) is 0 Å². The van der Waals surface area contributed by atoms with E-state index in [1.807, 2.05) is 71.8 Å². The van der Waals surface area contributed by atoms with Gasteiger partial charge in [0.15, 0.2) is 0 Å². The van der Waals surface area contributed by atoms with E-state index in [-0.39, 0.29) is 11.8 Å². The molecule has 0 bridgehead atoms. The topological polar surface area (TPSA) is 40.6 Å². The fourth-order valence-electron chi connectivity index (χ4n) is 3.34. The molecule has 0 N–H and O–H groups in total. The molecule has 0 spiro atoms. The summed E-state index contributed by atoms with van der Waals surface area (Å²) >= 11 is 4.89. The summed E-state index contributed by atoms with van der Waals surface area (Å²) in [4.78, 5) is 30.9. The molecule has 140 valence electrons. The maximum atomic E-state index is 13.5. The lowest BCUT2D eigenvalue weighted by molar-refractivity contribution is -0.120. The molecule has 0 saturated carbocycles. The Labute approximate surface area is 175 Å². The molecule has 4 nitrogen and oxygen atoms in total. The average molecular weight is 453 g/mol. The van der Waals surface area contributed by atoms with Crippen LogP contribution in [-0.2, 0) is 9.59 Å². The number of thiophene rings is 1. The van der Waals surface area contributed by atoms with Gasteiger partial charge in [0.1, 0.15) is 5.70 Å². The second-order valence-electron chi connectivity index (χ2n) is 6.21. The molecule has 0 aliphatic carbocycles. The fraction of sp³-hybridized carbons (Fsp3) is 0.0909. The van der Waals surface area contributed by atoms with Gasteiger partial charge in [-0.25, -0.2) is 4.90 Å². The van der Waals surface area contributed by atoms with E-state index in [2.05, 4.69) is 15.9 Å². The van der Waals surface area contributed by atoms with Crippen LogP contribution in [-0.4, -0.2) is 18.4 Å². The summed E-state index contributed by atoms with van der Waals surface area (Å²) in [5, 5.41) is 1.91. The molecule has 1 aliphatic heterocycles. The minimum absolute atomic E-state index is 0.296. The molecule has 1 aromatic heterocycles. The first-order valence-corrected chi connectivity index (χ1v) is 10.5. The van der Waals surface area contributed by atoms with Crippen molar-refractivity contribution in [3.8, 4) is 0 Å². The molecule has 0 radical (unpaired) electrons. The Hall–Kier alpha value is -2.70. The van der Waals surface area contributed by atoms with E-state index in [0.717, 1.165) is 15.0 Å². The summed E-state index contributed by atoms with van der Waals surface area (Å²) in [5.41, 5.74) is 2.30. The molecule has 6 heteroatoms. The zero-order valence-electron chi connectivity index (χ0n) is 15.1. The van der Waals surface area contributed by atoms with Gasteiger partial charge < -0.3 is 4.90 Å². The number of nitrogens with zero attached hydrogens (tertiary/aromatic N) is 2. The standard InChI is InChI=1S/C22H17BrN2O2S/c1-2-24(16-9-4-3-5-10-16)20-19(18-12-7-13-28-18)21(26)25(22(20)27)17-11-6-8-15(23)14-17/h3-14H,2H2,1H3. The number of carbonyl (C=O) groups is 2. The van der Waals surface area contributed by atoms with Crippen molar-refractivity contribution >= 4 is 56.0 Å². The second kappa shape index (κ2) is 7.73. The molecule has 2 amide bonds. The van der Waals surface area contributed by atoms with Gasteiger partial charge in [-0.15, -0.1) is 11.3 Å². The molecule has 4 rings (SSSR count). The van der Waals surface area contributed by atoms with E-state index >= 15 is 0 Å². The van der Waals surface area contributed by atoms with Crippen LogP contribution in [0.1, 0.15) is 11.8 Å². The number of rotatable bonds is 5. The first-order chi connectivity index (χ1) is 13.6. The summed E-state index contributed by atoms with van der Waals surface area (Å²) in [6.07, 6.45) is 0. The molecule has 0 saturated heterocycles. The van der Waals surface area contributed by atoms with Gasteiger partial charge in [0.05, 0.1) is 11.3 Å². The Morgan fingerprint density at radius 2 is 1.75 bits per heavy atom. The number of hydrogen-bond acceptors (Lipinski definition) is 4. The van der Waals surface area contributed by atoms with E-state index in [1.54, 1.807) is 12.1 Å². The van der Waals surface area contributed by atoms with Crippen molar-refractivity contribution in [1.29, 1.82) is 0 Å². The Bertz CT molecular complexity index is 1060. The fourth-order valence-corrected chi connectivity index (χ4v) is 4.49. The highest BCUT2D eigenvalue weighted by atomic mass is 79.9. The predicted molar refractivity (Wildman–Crippen MR) is 117 cm³/mol. The molecule has 3 aromatic rings. The Morgan fingerprint density at radius 1 is 0.964 bits per heavy atom. The van der Waals surface area contributed by atoms with Crippen LogP contribution in [0.3, 0.4) is 0 Å². The largest absolute Gasteiger partial charge is 0.337 e. The number of halogens is 1. The molecule has 0 fully saturated rings. The SMILES string of the molecule is CCN(C1=C(c2cccs2)C(=O)N(c2cccc(Br)c2)C1=O)c1ccccc1. The summed E-state index contributed by atoms with van der Waals surface area (Å²) in [7, 11) is 0. The molecule has 28 heavy (non-hydrogen) atoms. The van der Waals surface area contributed by atoms with Crippen LogP contribution in [0.15, 0.2) is 82.3 Å². The van der Waals surface area contributed by atoms with Crippen molar-refractivity contribution in [2.24, 2.45) is 0 Å². The van der Waals surface area contributed by atoms with Crippen molar-refractivity contribution in [3.63, 3.8) is 0 Å². The Morgan fingerprint density at radius 3 is 2.39 bits per heavy atom. The normalized spacial score (nSPS) is 14.1. The molecule has 2 aromatic carbocycles. The molecule has 0 atom stereocenters. The van der Waals surface area contributed by atoms with Crippen molar-refractivity contribution in [1.82, 2.24) is 0 Å². The summed E-state index contributed by atoms with van der Waals surface area (Å²) < 4.78 is 0.812. The smallest absolute Gasteiger partial charge is 0.282 e. The third kappa shape index (κ3) is 3.19. The molecule has 2 heterocycles. The summed E-state index contributed by atoms with van der Waals surface area (Å²) in [5.74, 6) is -0.605. The average Bonchev–Trinajstić information content (AvgIpc) is 3.30. The van der Waals surface area contributed by atoms with Crippen LogP contribution in [0.2, 0.25) is 0 Å². The highest BCUT2D eigenvalue weighted by molar-refractivity contribution is 9.10. The molecule has 1 aliphatic rings. The minimum atomic E-state index is -0.308. The van der Waals surface area contributed by atoms with Crippen LogP contribution in [0.4, 0.5) is 11.4 Å². The Kier molecular flexibility index (Phi) is 5.15. The van der Waals surface area contributed by atoms with Crippen LogP contribution in [0.5, 0.6) is 0 Å². The maximum absolute atomic E-state index is 13.5. The first kappa shape index (κ1) is 18.7. The highest BCUT2D eigenvalue weighted by Crippen LogP contribution is 2.38. The number of para-hydroxylation sites is 1. The number of anilines is 2. The van der Waals surface area contributed by atoms with E-state index in [9.17, 15) is 9.59 Å². The lowest BCUT2D eigenvalue weighted by Gasteiger charge is -2.24. The zero-order chi connectivity index (χ0) is 19.7. The predicted octanol–water partition coefficient (Wildman–Crippen LogP) is 5.32. The summed E-state index contributed by atoms with van der Waals surface area (Å²) in [6, 6.07) is 20.7. The van der Waals surface area contributed by atoms with Crippen LogP contribution >= 0.6 is 27.3 Å². The quantitative estimate of drug-likeness (QED) is 0.491. The van der Waals surface area contributed by atoms with E-state index in [0.29, 0.717) is 23.5 Å². The minimum Gasteiger partial charge on any atom is -0.337 e. The number of carbonyl (C=O) groups excluding carboxylic acids is 2. The van der Waals surface area contributed by atoms with Gasteiger partial charge in [-0.1, -0.05) is 46.3 Å². The monoisotopic (exact) mass is 452 g/mol. The van der Waals surface area contributed by atoms with Gasteiger partial charge in [0, 0.05) is 21.6 Å². The van der Waals surface area contributed by atoms with Crippen molar-refractivity contribution in [3.05, 3.63) is 87.2 Å². The number of imide groups is 1.